The third kappa shape index (κ3) is 1.84. The number of hydrogen-bond acceptors (Lipinski definition) is 1. The summed E-state index contributed by atoms with van der Waals surface area (Å²) in [4.78, 5) is 0. The molecule has 1 aromatic carbocycles. The minimum absolute atomic E-state index is 0.283. The lowest BCUT2D eigenvalue weighted by Crippen LogP contribution is -2.19. The van der Waals surface area contributed by atoms with Gasteiger partial charge in [0.05, 0.1) is 10.6 Å². The standard InChI is InChI=1S/C11H12BrFO/c12-9-6-8(4-5-10(9)13)11(14)7-2-1-3-7/h4-7,11,14H,1-3H2. The van der Waals surface area contributed by atoms with Gasteiger partial charge in [-0.2, -0.15) is 0 Å². The van der Waals surface area contributed by atoms with Crippen molar-refractivity contribution in [3.63, 3.8) is 0 Å². The molecule has 1 atom stereocenters. The molecule has 1 aliphatic rings. The van der Waals surface area contributed by atoms with E-state index in [4.69, 9.17) is 0 Å². The van der Waals surface area contributed by atoms with E-state index in [1.54, 1.807) is 12.1 Å². The molecule has 14 heavy (non-hydrogen) atoms. The van der Waals surface area contributed by atoms with Gasteiger partial charge in [-0.3, -0.25) is 0 Å². The fraction of sp³-hybridized carbons (Fsp3) is 0.455. The molecule has 1 aliphatic carbocycles. The Labute approximate surface area is 91.1 Å². The van der Waals surface area contributed by atoms with Gasteiger partial charge in [0.2, 0.25) is 0 Å². The highest BCUT2D eigenvalue weighted by molar-refractivity contribution is 9.10. The fourth-order valence-corrected chi connectivity index (χ4v) is 2.12. The molecule has 1 N–H and O–H groups in total. The molecule has 0 saturated heterocycles. The number of aliphatic hydroxyl groups excluding tert-OH is 1. The van der Waals surface area contributed by atoms with Crippen LogP contribution in [0, 0.1) is 11.7 Å². The zero-order chi connectivity index (χ0) is 10.1. The molecule has 0 amide bonds. The lowest BCUT2D eigenvalue weighted by Gasteiger charge is -2.30. The van der Waals surface area contributed by atoms with Crippen molar-refractivity contribution in [1.82, 2.24) is 0 Å². The SMILES string of the molecule is OC(c1ccc(F)c(Br)c1)C1CCC1. The molecule has 0 bridgehead atoms. The summed E-state index contributed by atoms with van der Waals surface area (Å²) in [6.07, 6.45) is 2.93. The van der Waals surface area contributed by atoms with Crippen LogP contribution in [0.15, 0.2) is 22.7 Å². The third-order valence-electron chi connectivity index (χ3n) is 2.88. The Balaban J connectivity index is 2.18. The Morgan fingerprint density at radius 2 is 2.14 bits per heavy atom. The molecular weight excluding hydrogens is 247 g/mol. The normalized spacial score (nSPS) is 19.1. The van der Waals surface area contributed by atoms with Crippen molar-refractivity contribution < 1.29 is 9.50 Å². The topological polar surface area (TPSA) is 20.2 Å². The van der Waals surface area contributed by atoms with Crippen molar-refractivity contribution in [3.8, 4) is 0 Å². The van der Waals surface area contributed by atoms with E-state index >= 15 is 0 Å². The van der Waals surface area contributed by atoms with Crippen LogP contribution in [0.3, 0.4) is 0 Å². The fourth-order valence-electron chi connectivity index (χ4n) is 1.72. The van der Waals surface area contributed by atoms with Crippen molar-refractivity contribution in [3.05, 3.63) is 34.1 Å². The van der Waals surface area contributed by atoms with Crippen LogP contribution in [-0.4, -0.2) is 5.11 Å². The molecule has 0 aliphatic heterocycles. The van der Waals surface area contributed by atoms with Crippen molar-refractivity contribution in [1.29, 1.82) is 0 Å². The molecule has 1 unspecified atom stereocenters. The first-order chi connectivity index (χ1) is 6.68. The number of halogens is 2. The van der Waals surface area contributed by atoms with Crippen LogP contribution in [0.25, 0.3) is 0 Å². The van der Waals surface area contributed by atoms with Gasteiger partial charge in [0.1, 0.15) is 5.82 Å². The van der Waals surface area contributed by atoms with Crippen LogP contribution >= 0.6 is 15.9 Å². The molecule has 1 aromatic rings. The molecule has 1 nitrogen and oxygen atoms in total. The average Bonchev–Trinajstić information content (AvgIpc) is 2.06. The largest absolute Gasteiger partial charge is 0.388 e. The Kier molecular flexibility index (Phi) is 2.88. The first kappa shape index (κ1) is 10.1. The number of aliphatic hydroxyl groups is 1. The van der Waals surface area contributed by atoms with Crippen LogP contribution in [0.2, 0.25) is 0 Å². The van der Waals surface area contributed by atoms with E-state index in [1.165, 1.54) is 12.5 Å². The average molecular weight is 259 g/mol. The molecule has 76 valence electrons. The van der Waals surface area contributed by atoms with E-state index in [2.05, 4.69) is 15.9 Å². The smallest absolute Gasteiger partial charge is 0.137 e. The molecule has 0 aromatic heterocycles. The summed E-state index contributed by atoms with van der Waals surface area (Å²) in [6, 6.07) is 4.71. The predicted molar refractivity (Wildman–Crippen MR) is 56.4 cm³/mol. The summed E-state index contributed by atoms with van der Waals surface area (Å²) in [5.74, 6) is 0.0851. The van der Waals surface area contributed by atoms with E-state index in [1.807, 2.05) is 0 Å². The molecule has 0 heterocycles. The second-order valence-corrected chi connectivity index (χ2v) is 4.66. The molecular formula is C11H12BrFO. The summed E-state index contributed by atoms with van der Waals surface area (Å²) < 4.78 is 13.4. The Morgan fingerprint density at radius 1 is 1.43 bits per heavy atom. The first-order valence-corrected chi connectivity index (χ1v) is 5.61. The lowest BCUT2D eigenvalue weighted by molar-refractivity contribution is 0.0620. The number of benzene rings is 1. The summed E-state index contributed by atoms with van der Waals surface area (Å²) in [5.41, 5.74) is 0.808. The predicted octanol–water partition coefficient (Wildman–Crippen LogP) is 3.42. The van der Waals surface area contributed by atoms with Crippen LogP contribution < -0.4 is 0 Å². The summed E-state index contributed by atoms with van der Waals surface area (Å²) in [7, 11) is 0. The second kappa shape index (κ2) is 3.99. The van der Waals surface area contributed by atoms with E-state index in [0.29, 0.717) is 10.4 Å². The Morgan fingerprint density at radius 3 is 2.64 bits per heavy atom. The molecule has 0 spiro atoms. The van der Waals surface area contributed by atoms with Crippen LogP contribution in [-0.2, 0) is 0 Å². The Bertz CT molecular complexity index is 336. The molecule has 1 fully saturated rings. The van der Waals surface area contributed by atoms with Gasteiger partial charge in [-0.25, -0.2) is 4.39 Å². The van der Waals surface area contributed by atoms with Gasteiger partial charge in [0, 0.05) is 0 Å². The second-order valence-electron chi connectivity index (χ2n) is 3.81. The van der Waals surface area contributed by atoms with Crippen molar-refractivity contribution in [2.24, 2.45) is 5.92 Å². The molecule has 3 heteroatoms. The van der Waals surface area contributed by atoms with E-state index in [9.17, 15) is 9.50 Å². The van der Waals surface area contributed by atoms with Gasteiger partial charge in [-0.1, -0.05) is 12.5 Å². The highest BCUT2D eigenvalue weighted by atomic mass is 79.9. The highest BCUT2D eigenvalue weighted by Gasteiger charge is 2.26. The van der Waals surface area contributed by atoms with Crippen molar-refractivity contribution in [2.45, 2.75) is 25.4 Å². The van der Waals surface area contributed by atoms with E-state index in [-0.39, 0.29) is 5.82 Å². The van der Waals surface area contributed by atoms with Gasteiger partial charge in [-0.05, 0) is 52.4 Å². The van der Waals surface area contributed by atoms with Gasteiger partial charge in [0.15, 0.2) is 0 Å². The van der Waals surface area contributed by atoms with Crippen LogP contribution in [0.5, 0.6) is 0 Å². The zero-order valence-electron chi connectivity index (χ0n) is 7.71. The van der Waals surface area contributed by atoms with Crippen LogP contribution in [0.4, 0.5) is 4.39 Å². The third-order valence-corrected chi connectivity index (χ3v) is 3.49. The minimum Gasteiger partial charge on any atom is -0.388 e. The van der Waals surface area contributed by atoms with Crippen LogP contribution in [0.1, 0.15) is 30.9 Å². The summed E-state index contributed by atoms with van der Waals surface area (Å²) in [5, 5.41) is 9.91. The van der Waals surface area contributed by atoms with Crippen molar-refractivity contribution in [2.75, 3.05) is 0 Å². The van der Waals surface area contributed by atoms with Gasteiger partial charge < -0.3 is 5.11 Å². The maximum absolute atomic E-state index is 12.9. The van der Waals surface area contributed by atoms with Gasteiger partial charge in [-0.15, -0.1) is 0 Å². The van der Waals surface area contributed by atoms with E-state index in [0.717, 1.165) is 18.4 Å². The molecule has 2 rings (SSSR count). The summed E-state index contributed by atoms with van der Waals surface area (Å²) >= 11 is 3.12. The first-order valence-electron chi connectivity index (χ1n) is 4.81. The molecule has 1 saturated carbocycles. The van der Waals surface area contributed by atoms with E-state index < -0.39 is 6.10 Å². The highest BCUT2D eigenvalue weighted by Crippen LogP contribution is 2.38. The van der Waals surface area contributed by atoms with Crippen molar-refractivity contribution >= 4 is 15.9 Å². The van der Waals surface area contributed by atoms with Gasteiger partial charge in [0.25, 0.3) is 0 Å². The zero-order valence-corrected chi connectivity index (χ0v) is 9.30. The number of rotatable bonds is 2. The monoisotopic (exact) mass is 258 g/mol. The quantitative estimate of drug-likeness (QED) is 0.862. The number of hydrogen-bond donors (Lipinski definition) is 1. The van der Waals surface area contributed by atoms with Gasteiger partial charge >= 0.3 is 0 Å². The Hall–Kier alpha value is -0.410. The minimum atomic E-state index is -0.430. The lowest BCUT2D eigenvalue weighted by atomic mass is 9.79. The maximum atomic E-state index is 12.9. The molecule has 0 radical (unpaired) electrons. The summed E-state index contributed by atoms with van der Waals surface area (Å²) in [6.45, 7) is 0. The maximum Gasteiger partial charge on any atom is 0.137 e.